The fourth-order valence-electron chi connectivity index (χ4n) is 2.17. The summed E-state index contributed by atoms with van der Waals surface area (Å²) in [6.07, 6.45) is 1.32. The highest BCUT2D eigenvalue weighted by Crippen LogP contribution is 2.10. The lowest BCUT2D eigenvalue weighted by Crippen LogP contribution is -2.42. The summed E-state index contributed by atoms with van der Waals surface area (Å²) < 4.78 is 0. The monoisotopic (exact) mass is 213 g/mol. The molecular weight excluding hydrogens is 186 g/mol. The van der Waals surface area contributed by atoms with Gasteiger partial charge in [0.1, 0.15) is 0 Å². The zero-order valence-corrected chi connectivity index (χ0v) is 10.8. The summed E-state index contributed by atoms with van der Waals surface area (Å²) in [5.41, 5.74) is 0. The van der Waals surface area contributed by atoms with E-state index in [0.29, 0.717) is 0 Å². The molecule has 1 atom stereocenters. The fourth-order valence-corrected chi connectivity index (χ4v) is 2.17. The van der Waals surface area contributed by atoms with E-state index < -0.39 is 0 Å². The Balaban J connectivity index is 2.37. The predicted molar refractivity (Wildman–Crippen MR) is 66.2 cm³/mol. The van der Waals surface area contributed by atoms with Gasteiger partial charge in [0, 0.05) is 32.2 Å². The van der Waals surface area contributed by atoms with Crippen molar-refractivity contribution in [2.45, 2.75) is 26.3 Å². The molecule has 1 fully saturated rings. The highest BCUT2D eigenvalue weighted by molar-refractivity contribution is 4.81. The van der Waals surface area contributed by atoms with Gasteiger partial charge in [-0.3, -0.25) is 4.90 Å². The standard InChI is InChI=1S/C12H27N3/c1-11(2)10-15(8-7-14(3)4)12-5-6-13-9-12/h11-13H,5-10H2,1-4H3. The molecule has 0 radical (unpaired) electrons. The van der Waals surface area contributed by atoms with Crippen molar-refractivity contribution in [3.63, 3.8) is 0 Å². The molecular formula is C12H27N3. The maximum Gasteiger partial charge on any atom is 0.0233 e. The number of likely N-dealkylation sites (N-methyl/N-ethyl adjacent to an activating group) is 1. The lowest BCUT2D eigenvalue weighted by molar-refractivity contribution is 0.169. The normalized spacial score (nSPS) is 22.2. The van der Waals surface area contributed by atoms with Crippen molar-refractivity contribution in [3.05, 3.63) is 0 Å². The molecule has 1 rings (SSSR count). The third kappa shape index (κ3) is 4.96. The van der Waals surface area contributed by atoms with E-state index in [4.69, 9.17) is 0 Å². The van der Waals surface area contributed by atoms with Crippen LogP contribution in [0.5, 0.6) is 0 Å². The van der Waals surface area contributed by atoms with E-state index in [-0.39, 0.29) is 0 Å². The van der Waals surface area contributed by atoms with E-state index >= 15 is 0 Å². The summed E-state index contributed by atoms with van der Waals surface area (Å²) in [4.78, 5) is 4.93. The van der Waals surface area contributed by atoms with E-state index in [2.05, 4.69) is 43.1 Å². The second kappa shape index (κ2) is 6.46. The minimum absolute atomic E-state index is 0.771. The second-order valence-corrected chi connectivity index (χ2v) is 5.34. The summed E-state index contributed by atoms with van der Waals surface area (Å²) in [5.74, 6) is 0.771. The van der Waals surface area contributed by atoms with Gasteiger partial charge in [0.15, 0.2) is 0 Å². The van der Waals surface area contributed by atoms with Crippen molar-refractivity contribution in [2.75, 3.05) is 46.8 Å². The third-order valence-corrected chi connectivity index (χ3v) is 2.98. The molecule has 1 heterocycles. The largest absolute Gasteiger partial charge is 0.315 e. The summed E-state index contributed by atoms with van der Waals surface area (Å²) >= 11 is 0. The van der Waals surface area contributed by atoms with Gasteiger partial charge >= 0.3 is 0 Å². The Morgan fingerprint density at radius 2 is 2.00 bits per heavy atom. The first-order valence-corrected chi connectivity index (χ1v) is 6.19. The molecule has 0 aromatic rings. The van der Waals surface area contributed by atoms with Gasteiger partial charge in [0.05, 0.1) is 0 Å². The SMILES string of the molecule is CC(C)CN(CCN(C)C)C1CCNC1. The van der Waals surface area contributed by atoms with Crippen LogP contribution in [0.1, 0.15) is 20.3 Å². The molecule has 1 N–H and O–H groups in total. The van der Waals surface area contributed by atoms with Crippen LogP contribution >= 0.6 is 0 Å². The van der Waals surface area contributed by atoms with Crippen LogP contribution in [0.4, 0.5) is 0 Å². The van der Waals surface area contributed by atoms with Crippen molar-refractivity contribution >= 4 is 0 Å². The number of hydrogen-bond donors (Lipinski definition) is 1. The van der Waals surface area contributed by atoms with Gasteiger partial charge in [-0.25, -0.2) is 0 Å². The molecule has 0 saturated carbocycles. The Morgan fingerprint density at radius 1 is 1.27 bits per heavy atom. The molecule has 1 aliphatic rings. The second-order valence-electron chi connectivity index (χ2n) is 5.34. The lowest BCUT2D eigenvalue weighted by Gasteiger charge is -2.30. The molecule has 0 aromatic carbocycles. The quantitative estimate of drug-likeness (QED) is 0.706. The van der Waals surface area contributed by atoms with Gasteiger partial charge in [-0.05, 0) is 33.0 Å². The molecule has 0 bridgehead atoms. The Bertz CT molecular complexity index is 162. The van der Waals surface area contributed by atoms with E-state index in [1.807, 2.05) is 0 Å². The predicted octanol–water partition coefficient (Wildman–Crippen LogP) is 0.868. The zero-order chi connectivity index (χ0) is 11.3. The molecule has 1 saturated heterocycles. The lowest BCUT2D eigenvalue weighted by atomic mass is 10.1. The Morgan fingerprint density at radius 3 is 2.47 bits per heavy atom. The summed E-state index contributed by atoms with van der Waals surface area (Å²) in [6.45, 7) is 10.6. The minimum Gasteiger partial charge on any atom is -0.315 e. The van der Waals surface area contributed by atoms with Crippen molar-refractivity contribution in [1.82, 2.24) is 15.1 Å². The molecule has 15 heavy (non-hydrogen) atoms. The highest BCUT2D eigenvalue weighted by atomic mass is 15.2. The summed E-state index contributed by atoms with van der Waals surface area (Å²) in [7, 11) is 4.31. The Kier molecular flexibility index (Phi) is 5.58. The van der Waals surface area contributed by atoms with Crippen molar-refractivity contribution in [2.24, 2.45) is 5.92 Å². The van der Waals surface area contributed by atoms with Crippen LogP contribution in [0, 0.1) is 5.92 Å². The molecule has 0 amide bonds. The fraction of sp³-hybridized carbons (Fsp3) is 1.00. The average Bonchev–Trinajstić information content (AvgIpc) is 2.63. The number of nitrogens with zero attached hydrogens (tertiary/aromatic N) is 2. The van der Waals surface area contributed by atoms with Crippen LogP contribution in [-0.4, -0.2) is 62.7 Å². The van der Waals surface area contributed by atoms with E-state index in [0.717, 1.165) is 12.0 Å². The first-order chi connectivity index (χ1) is 7.09. The van der Waals surface area contributed by atoms with Crippen LogP contribution in [0.2, 0.25) is 0 Å². The molecule has 0 aliphatic carbocycles. The van der Waals surface area contributed by atoms with Crippen molar-refractivity contribution in [1.29, 1.82) is 0 Å². The van der Waals surface area contributed by atoms with E-state index in [1.54, 1.807) is 0 Å². The van der Waals surface area contributed by atoms with E-state index in [9.17, 15) is 0 Å². The minimum atomic E-state index is 0.771. The molecule has 3 nitrogen and oxygen atoms in total. The smallest absolute Gasteiger partial charge is 0.0233 e. The maximum atomic E-state index is 3.46. The van der Waals surface area contributed by atoms with Crippen LogP contribution < -0.4 is 5.32 Å². The maximum absolute atomic E-state index is 3.46. The molecule has 3 heteroatoms. The van der Waals surface area contributed by atoms with Gasteiger partial charge in [-0.1, -0.05) is 13.8 Å². The highest BCUT2D eigenvalue weighted by Gasteiger charge is 2.22. The molecule has 0 aromatic heterocycles. The number of rotatable bonds is 6. The number of hydrogen-bond acceptors (Lipinski definition) is 3. The van der Waals surface area contributed by atoms with Crippen LogP contribution in [0.25, 0.3) is 0 Å². The first kappa shape index (κ1) is 12.9. The molecule has 0 spiro atoms. The molecule has 1 aliphatic heterocycles. The van der Waals surface area contributed by atoms with Gasteiger partial charge in [0.25, 0.3) is 0 Å². The Hall–Kier alpha value is -0.120. The van der Waals surface area contributed by atoms with Gasteiger partial charge in [-0.2, -0.15) is 0 Å². The molecule has 1 unspecified atom stereocenters. The van der Waals surface area contributed by atoms with Crippen molar-refractivity contribution < 1.29 is 0 Å². The van der Waals surface area contributed by atoms with Gasteiger partial charge < -0.3 is 10.2 Å². The van der Waals surface area contributed by atoms with Crippen LogP contribution in [0.15, 0.2) is 0 Å². The Labute approximate surface area is 94.8 Å². The van der Waals surface area contributed by atoms with Crippen LogP contribution in [0.3, 0.4) is 0 Å². The summed E-state index contributed by atoms with van der Waals surface area (Å²) in [5, 5.41) is 3.46. The van der Waals surface area contributed by atoms with E-state index in [1.165, 1.54) is 39.1 Å². The topological polar surface area (TPSA) is 18.5 Å². The molecule has 90 valence electrons. The van der Waals surface area contributed by atoms with Gasteiger partial charge in [0.2, 0.25) is 0 Å². The first-order valence-electron chi connectivity index (χ1n) is 6.19. The summed E-state index contributed by atoms with van der Waals surface area (Å²) in [6, 6.07) is 0.771. The number of nitrogens with one attached hydrogen (secondary N) is 1. The third-order valence-electron chi connectivity index (χ3n) is 2.98. The van der Waals surface area contributed by atoms with Crippen LogP contribution in [-0.2, 0) is 0 Å². The van der Waals surface area contributed by atoms with Gasteiger partial charge in [-0.15, -0.1) is 0 Å². The zero-order valence-electron chi connectivity index (χ0n) is 10.8. The van der Waals surface area contributed by atoms with Crippen molar-refractivity contribution in [3.8, 4) is 0 Å². The average molecular weight is 213 g/mol.